The molecule has 1 aromatic heterocycles. The lowest BCUT2D eigenvalue weighted by molar-refractivity contribution is -0.383. The van der Waals surface area contributed by atoms with Crippen molar-refractivity contribution in [3.8, 4) is 0 Å². The molecule has 31 heavy (non-hydrogen) atoms. The zero-order valence-corrected chi connectivity index (χ0v) is 15.3. The van der Waals surface area contributed by atoms with Gasteiger partial charge in [0, 0.05) is 11.3 Å². The van der Waals surface area contributed by atoms with Gasteiger partial charge in [0.05, 0.1) is 10.5 Å². The Hall–Kier alpha value is -4.29. The topological polar surface area (TPSA) is 122 Å². The van der Waals surface area contributed by atoms with E-state index in [0.29, 0.717) is 0 Å². The summed E-state index contributed by atoms with van der Waals surface area (Å²) in [5.41, 5.74) is 3.11. The van der Waals surface area contributed by atoms with E-state index in [2.05, 4.69) is 26.1 Å². The molecule has 2 aromatic carbocycles. The number of amides is 1. The quantitative estimate of drug-likeness (QED) is 0.303. The van der Waals surface area contributed by atoms with Crippen molar-refractivity contribution in [2.75, 3.05) is 10.7 Å². The summed E-state index contributed by atoms with van der Waals surface area (Å²) in [7, 11) is 0. The lowest BCUT2D eigenvalue weighted by atomic mass is 10.2. The van der Waals surface area contributed by atoms with Crippen LogP contribution < -0.4 is 16.2 Å². The van der Waals surface area contributed by atoms with Crippen molar-refractivity contribution in [2.24, 2.45) is 0 Å². The molecule has 0 fully saturated rings. The minimum absolute atomic E-state index is 0.0775. The van der Waals surface area contributed by atoms with Gasteiger partial charge in [-0.15, -0.1) is 0 Å². The van der Waals surface area contributed by atoms with Crippen LogP contribution in [0.1, 0.15) is 15.9 Å². The van der Waals surface area contributed by atoms with Gasteiger partial charge in [0.1, 0.15) is 12.1 Å². The van der Waals surface area contributed by atoms with Crippen LogP contribution in [0.15, 0.2) is 54.9 Å². The lowest BCUT2D eigenvalue weighted by Gasteiger charge is -2.12. The maximum atomic E-state index is 12.9. The highest BCUT2D eigenvalue weighted by atomic mass is 19.4. The Labute approximate surface area is 171 Å². The molecule has 0 saturated heterocycles. The van der Waals surface area contributed by atoms with Crippen molar-refractivity contribution in [2.45, 2.75) is 6.18 Å². The molecule has 1 amide bonds. The summed E-state index contributed by atoms with van der Waals surface area (Å²) in [4.78, 5) is 30.2. The molecule has 0 aliphatic carbocycles. The Morgan fingerprint density at radius 3 is 2.16 bits per heavy atom. The summed E-state index contributed by atoms with van der Waals surface area (Å²) in [6, 6.07) is 8.31. The van der Waals surface area contributed by atoms with Crippen LogP contribution in [0, 0.1) is 15.9 Å². The fourth-order valence-electron chi connectivity index (χ4n) is 2.40. The van der Waals surface area contributed by atoms with E-state index in [-0.39, 0.29) is 22.9 Å². The summed E-state index contributed by atoms with van der Waals surface area (Å²) < 4.78 is 51.0. The molecule has 13 heteroatoms. The van der Waals surface area contributed by atoms with Crippen LogP contribution in [0.4, 0.5) is 40.6 Å². The van der Waals surface area contributed by atoms with Crippen LogP contribution in [0.2, 0.25) is 0 Å². The first-order chi connectivity index (χ1) is 14.6. The third-order valence-electron chi connectivity index (χ3n) is 3.88. The zero-order chi connectivity index (χ0) is 22.6. The van der Waals surface area contributed by atoms with Crippen molar-refractivity contribution in [1.82, 2.24) is 15.4 Å². The van der Waals surface area contributed by atoms with E-state index in [1.807, 2.05) is 0 Å². The average Bonchev–Trinajstić information content (AvgIpc) is 2.72. The normalized spacial score (nSPS) is 11.0. The molecule has 0 aliphatic rings. The smallest absolute Gasteiger partial charge is 0.334 e. The molecule has 3 rings (SSSR count). The highest BCUT2D eigenvalue weighted by Crippen LogP contribution is 2.33. The summed E-state index contributed by atoms with van der Waals surface area (Å²) in [5.74, 6) is -1.97. The van der Waals surface area contributed by atoms with Gasteiger partial charge in [-0.3, -0.25) is 25.8 Å². The molecule has 0 radical (unpaired) electrons. The lowest BCUT2D eigenvalue weighted by Crippen LogP contribution is -2.30. The van der Waals surface area contributed by atoms with Crippen LogP contribution in [0.5, 0.6) is 0 Å². The number of nitrogens with zero attached hydrogens (tertiary/aromatic N) is 3. The number of anilines is 3. The van der Waals surface area contributed by atoms with E-state index in [9.17, 15) is 32.5 Å². The Bertz CT molecular complexity index is 1100. The van der Waals surface area contributed by atoms with Crippen LogP contribution in [0.25, 0.3) is 0 Å². The first-order valence-electron chi connectivity index (χ1n) is 8.41. The average molecular weight is 436 g/mol. The SMILES string of the molecule is O=C(NNc1ncnc(Nc2ccc(C(F)(F)F)cc2)c1[N+](=O)[O-])c1ccc(F)cc1. The van der Waals surface area contributed by atoms with E-state index < -0.39 is 34.1 Å². The number of aromatic nitrogens is 2. The largest absolute Gasteiger partial charge is 0.416 e. The molecule has 0 atom stereocenters. The Balaban J connectivity index is 1.80. The predicted octanol–water partition coefficient (Wildman–Crippen LogP) is 4.04. The molecule has 3 N–H and O–H groups in total. The number of carbonyl (C=O) groups is 1. The minimum atomic E-state index is -4.53. The third kappa shape index (κ3) is 5.20. The number of hydrogen-bond acceptors (Lipinski definition) is 7. The second kappa shape index (κ2) is 8.61. The van der Waals surface area contributed by atoms with Crippen LogP contribution in [-0.2, 0) is 6.18 Å². The number of benzene rings is 2. The fraction of sp³-hybridized carbons (Fsp3) is 0.0556. The van der Waals surface area contributed by atoms with Crippen molar-refractivity contribution in [1.29, 1.82) is 0 Å². The van der Waals surface area contributed by atoms with Gasteiger partial charge in [-0.2, -0.15) is 13.2 Å². The van der Waals surface area contributed by atoms with Crippen LogP contribution in [-0.4, -0.2) is 20.8 Å². The number of alkyl halides is 3. The number of nitro groups is 1. The molecule has 1 heterocycles. The zero-order valence-electron chi connectivity index (χ0n) is 15.3. The van der Waals surface area contributed by atoms with Crippen LogP contribution in [0.3, 0.4) is 0 Å². The van der Waals surface area contributed by atoms with Crippen molar-refractivity contribution >= 4 is 28.9 Å². The molecule has 0 aliphatic heterocycles. The first kappa shape index (κ1) is 21.4. The number of hydrogen-bond donors (Lipinski definition) is 3. The van der Waals surface area contributed by atoms with Gasteiger partial charge in [-0.1, -0.05) is 0 Å². The molecular weight excluding hydrogens is 424 g/mol. The monoisotopic (exact) mass is 436 g/mol. The maximum absolute atomic E-state index is 12.9. The molecule has 0 unspecified atom stereocenters. The molecule has 3 aromatic rings. The van der Waals surface area contributed by atoms with Crippen molar-refractivity contribution in [3.05, 3.63) is 81.9 Å². The molecular formula is C18H12F4N6O3. The summed E-state index contributed by atoms with van der Waals surface area (Å²) in [5, 5.41) is 14.1. The minimum Gasteiger partial charge on any atom is -0.334 e. The highest BCUT2D eigenvalue weighted by Gasteiger charge is 2.30. The second-order valence-corrected chi connectivity index (χ2v) is 5.96. The molecule has 160 valence electrons. The highest BCUT2D eigenvalue weighted by molar-refractivity contribution is 5.95. The molecule has 0 spiro atoms. The number of carbonyl (C=O) groups excluding carboxylic acids is 1. The Morgan fingerprint density at radius 2 is 1.58 bits per heavy atom. The van der Waals surface area contributed by atoms with Gasteiger partial charge in [0.2, 0.25) is 11.6 Å². The van der Waals surface area contributed by atoms with Gasteiger partial charge in [-0.25, -0.2) is 14.4 Å². The van der Waals surface area contributed by atoms with Gasteiger partial charge < -0.3 is 5.32 Å². The summed E-state index contributed by atoms with van der Waals surface area (Å²) in [6.07, 6.45) is -3.58. The maximum Gasteiger partial charge on any atom is 0.416 e. The summed E-state index contributed by atoms with van der Waals surface area (Å²) >= 11 is 0. The predicted molar refractivity (Wildman–Crippen MR) is 101 cm³/mol. The van der Waals surface area contributed by atoms with Gasteiger partial charge in [0.15, 0.2) is 0 Å². The van der Waals surface area contributed by atoms with E-state index in [1.165, 1.54) is 12.1 Å². The van der Waals surface area contributed by atoms with Gasteiger partial charge in [-0.05, 0) is 48.5 Å². The van der Waals surface area contributed by atoms with E-state index >= 15 is 0 Å². The number of halogens is 4. The Kier molecular flexibility index (Phi) is 5.95. The van der Waals surface area contributed by atoms with E-state index in [1.54, 1.807) is 0 Å². The van der Waals surface area contributed by atoms with Crippen molar-refractivity contribution < 1.29 is 27.3 Å². The standard InChI is InChI=1S/C18H12F4N6O3/c19-12-5-1-10(2-6-12)17(29)27-26-16-14(28(30)31)15(23-9-24-16)25-13-7-3-11(4-8-13)18(20,21)22/h1-9H,(H,27,29)(H2,23,24,25,26). The first-order valence-corrected chi connectivity index (χ1v) is 8.41. The Morgan fingerprint density at radius 1 is 0.968 bits per heavy atom. The molecule has 0 saturated carbocycles. The van der Waals surface area contributed by atoms with Crippen molar-refractivity contribution in [3.63, 3.8) is 0 Å². The summed E-state index contributed by atoms with van der Waals surface area (Å²) in [6.45, 7) is 0. The second-order valence-electron chi connectivity index (χ2n) is 5.96. The third-order valence-corrected chi connectivity index (χ3v) is 3.88. The molecule has 0 bridgehead atoms. The van der Waals surface area contributed by atoms with Gasteiger partial charge in [0.25, 0.3) is 5.91 Å². The number of hydrazine groups is 1. The molecule has 9 nitrogen and oxygen atoms in total. The number of nitrogens with one attached hydrogen (secondary N) is 3. The van der Waals surface area contributed by atoms with E-state index in [4.69, 9.17) is 0 Å². The van der Waals surface area contributed by atoms with Crippen LogP contribution >= 0.6 is 0 Å². The van der Waals surface area contributed by atoms with Gasteiger partial charge >= 0.3 is 11.9 Å². The fourth-order valence-corrected chi connectivity index (χ4v) is 2.40. The number of rotatable bonds is 6. The van der Waals surface area contributed by atoms with E-state index in [0.717, 1.165) is 42.7 Å².